The van der Waals surface area contributed by atoms with Gasteiger partial charge in [0.05, 0.1) is 19.3 Å². The van der Waals surface area contributed by atoms with Crippen LogP contribution in [-0.2, 0) is 11.3 Å². The van der Waals surface area contributed by atoms with E-state index in [1.165, 1.54) is 5.56 Å². The Balaban J connectivity index is 1.72. The highest BCUT2D eigenvalue weighted by molar-refractivity contribution is 5.31. The molecule has 2 unspecified atom stereocenters. The lowest BCUT2D eigenvalue weighted by molar-refractivity contribution is -0.000783. The van der Waals surface area contributed by atoms with Gasteiger partial charge < -0.3 is 14.4 Å². The number of hydrogen-bond donors (Lipinski definition) is 1. The van der Waals surface area contributed by atoms with Crippen LogP contribution in [-0.4, -0.2) is 27.4 Å². The molecule has 3 aromatic rings. The van der Waals surface area contributed by atoms with Crippen LogP contribution in [0.1, 0.15) is 28.6 Å². The van der Waals surface area contributed by atoms with Gasteiger partial charge in [-0.25, -0.2) is 4.98 Å². The zero-order chi connectivity index (χ0) is 17.6. The molecule has 1 N–H and O–H groups in total. The summed E-state index contributed by atoms with van der Waals surface area (Å²) in [6, 6.07) is 18.4. The van der Waals surface area contributed by atoms with Crippen molar-refractivity contribution in [2.24, 2.45) is 0 Å². The minimum Gasteiger partial charge on any atom is -0.389 e. The van der Waals surface area contributed by atoms with Crippen LogP contribution in [0, 0.1) is 13.8 Å². The molecule has 0 aliphatic rings. The van der Waals surface area contributed by atoms with Crippen molar-refractivity contribution in [3.05, 3.63) is 89.5 Å². The van der Waals surface area contributed by atoms with Crippen LogP contribution >= 0.6 is 0 Å². The summed E-state index contributed by atoms with van der Waals surface area (Å²) in [5.41, 5.74) is 3.38. The summed E-state index contributed by atoms with van der Waals surface area (Å²) in [7, 11) is 0. The summed E-state index contributed by atoms with van der Waals surface area (Å²) >= 11 is 0. The zero-order valence-electron chi connectivity index (χ0n) is 14.7. The molecule has 0 fully saturated rings. The van der Waals surface area contributed by atoms with Gasteiger partial charge in [0.25, 0.3) is 0 Å². The molecule has 0 radical (unpaired) electrons. The Morgan fingerprint density at radius 3 is 2.32 bits per heavy atom. The van der Waals surface area contributed by atoms with E-state index >= 15 is 0 Å². The third-order valence-electron chi connectivity index (χ3n) is 4.27. The lowest BCUT2D eigenvalue weighted by atomic mass is 10.0. The van der Waals surface area contributed by atoms with Crippen molar-refractivity contribution in [1.82, 2.24) is 9.55 Å². The standard InChI is InChI=1S/C21H24N2O2/c1-16-8-10-19(11-9-16)21(18-6-4-3-5-7-18)25-15-20(24)14-23-13-12-22-17(23)2/h3-13,20-21,24H,14-15H2,1-2H3. The van der Waals surface area contributed by atoms with Crippen LogP contribution in [0.3, 0.4) is 0 Å². The van der Waals surface area contributed by atoms with Crippen LogP contribution in [0.2, 0.25) is 0 Å². The lowest BCUT2D eigenvalue weighted by Gasteiger charge is -2.21. The fourth-order valence-corrected chi connectivity index (χ4v) is 2.84. The summed E-state index contributed by atoms with van der Waals surface area (Å²) in [5, 5.41) is 10.4. The Morgan fingerprint density at radius 1 is 1.00 bits per heavy atom. The first-order chi connectivity index (χ1) is 12.1. The van der Waals surface area contributed by atoms with Crippen molar-refractivity contribution in [2.75, 3.05) is 6.61 Å². The van der Waals surface area contributed by atoms with Crippen molar-refractivity contribution >= 4 is 0 Å². The molecule has 0 aliphatic carbocycles. The van der Waals surface area contributed by atoms with Gasteiger partial charge in [-0.3, -0.25) is 0 Å². The molecule has 3 rings (SSSR count). The minimum atomic E-state index is -0.593. The maximum absolute atomic E-state index is 10.4. The molecule has 4 nitrogen and oxygen atoms in total. The second-order valence-electron chi connectivity index (χ2n) is 6.32. The van der Waals surface area contributed by atoms with Crippen molar-refractivity contribution in [1.29, 1.82) is 0 Å². The van der Waals surface area contributed by atoms with Crippen molar-refractivity contribution in [3.63, 3.8) is 0 Å². The second-order valence-corrected chi connectivity index (χ2v) is 6.32. The maximum Gasteiger partial charge on any atom is 0.108 e. The minimum absolute atomic E-state index is 0.194. The quantitative estimate of drug-likeness (QED) is 0.716. The maximum atomic E-state index is 10.4. The van der Waals surface area contributed by atoms with Gasteiger partial charge in [0.15, 0.2) is 0 Å². The Labute approximate surface area is 148 Å². The summed E-state index contributed by atoms with van der Waals surface area (Å²) in [6.07, 6.45) is 2.82. The molecule has 130 valence electrons. The van der Waals surface area contributed by atoms with Gasteiger partial charge in [-0.15, -0.1) is 0 Å². The molecular weight excluding hydrogens is 312 g/mol. The smallest absolute Gasteiger partial charge is 0.108 e. The number of rotatable bonds is 7. The molecule has 2 atom stereocenters. The zero-order valence-corrected chi connectivity index (χ0v) is 14.7. The third-order valence-corrected chi connectivity index (χ3v) is 4.27. The molecule has 0 bridgehead atoms. The van der Waals surface area contributed by atoms with Crippen LogP contribution in [0.5, 0.6) is 0 Å². The summed E-state index contributed by atoms with van der Waals surface area (Å²) < 4.78 is 8.05. The Bertz CT molecular complexity index is 781. The molecule has 0 amide bonds. The van der Waals surface area contributed by atoms with Crippen LogP contribution in [0.4, 0.5) is 0 Å². The first-order valence-corrected chi connectivity index (χ1v) is 8.52. The van der Waals surface area contributed by atoms with E-state index in [4.69, 9.17) is 4.74 Å². The van der Waals surface area contributed by atoms with E-state index in [2.05, 4.69) is 48.3 Å². The molecule has 1 heterocycles. The predicted octanol–water partition coefficient (Wildman–Crippen LogP) is 3.67. The molecular formula is C21H24N2O2. The largest absolute Gasteiger partial charge is 0.389 e. The number of aryl methyl sites for hydroxylation is 2. The molecule has 0 spiro atoms. The molecule has 2 aromatic carbocycles. The molecule has 0 saturated heterocycles. The highest BCUT2D eigenvalue weighted by Crippen LogP contribution is 2.26. The molecule has 0 aliphatic heterocycles. The van der Waals surface area contributed by atoms with Gasteiger partial charge in [0.1, 0.15) is 11.9 Å². The van der Waals surface area contributed by atoms with E-state index in [1.54, 1.807) is 6.20 Å². The van der Waals surface area contributed by atoms with Gasteiger partial charge in [0, 0.05) is 12.4 Å². The molecule has 1 aromatic heterocycles. The van der Waals surface area contributed by atoms with E-state index in [0.29, 0.717) is 6.54 Å². The van der Waals surface area contributed by atoms with Crippen molar-refractivity contribution < 1.29 is 9.84 Å². The summed E-state index contributed by atoms with van der Waals surface area (Å²) in [4.78, 5) is 4.18. The normalized spacial score (nSPS) is 13.6. The lowest BCUT2D eigenvalue weighted by Crippen LogP contribution is -2.24. The van der Waals surface area contributed by atoms with E-state index in [1.807, 2.05) is 35.9 Å². The SMILES string of the molecule is Cc1ccc(C(OCC(O)Cn2ccnc2C)c2ccccc2)cc1. The third kappa shape index (κ3) is 4.56. The molecule has 4 heteroatoms. The first kappa shape index (κ1) is 17.4. The van der Waals surface area contributed by atoms with E-state index in [9.17, 15) is 5.11 Å². The van der Waals surface area contributed by atoms with Crippen molar-refractivity contribution in [2.45, 2.75) is 32.6 Å². The Morgan fingerprint density at radius 2 is 1.68 bits per heavy atom. The number of imidazole rings is 1. The summed E-state index contributed by atoms with van der Waals surface area (Å²) in [6.45, 7) is 4.72. The number of hydrogen-bond acceptors (Lipinski definition) is 3. The van der Waals surface area contributed by atoms with Crippen molar-refractivity contribution in [3.8, 4) is 0 Å². The van der Waals surface area contributed by atoms with Gasteiger partial charge >= 0.3 is 0 Å². The van der Waals surface area contributed by atoms with Gasteiger partial charge in [-0.1, -0.05) is 60.2 Å². The number of aliphatic hydroxyl groups excluding tert-OH is 1. The number of nitrogens with zero attached hydrogens (tertiary/aromatic N) is 2. The van der Waals surface area contributed by atoms with Crippen LogP contribution in [0.25, 0.3) is 0 Å². The van der Waals surface area contributed by atoms with Crippen LogP contribution < -0.4 is 0 Å². The Hall–Kier alpha value is -2.43. The van der Waals surface area contributed by atoms with E-state index in [-0.39, 0.29) is 12.7 Å². The number of aliphatic hydroxyl groups is 1. The number of benzene rings is 2. The van der Waals surface area contributed by atoms with Gasteiger partial charge in [-0.05, 0) is 25.0 Å². The average Bonchev–Trinajstić information content (AvgIpc) is 3.02. The highest BCUT2D eigenvalue weighted by atomic mass is 16.5. The first-order valence-electron chi connectivity index (χ1n) is 8.52. The Kier molecular flexibility index (Phi) is 5.64. The number of aromatic nitrogens is 2. The van der Waals surface area contributed by atoms with E-state index in [0.717, 1.165) is 17.0 Å². The number of ether oxygens (including phenoxy) is 1. The van der Waals surface area contributed by atoms with Gasteiger partial charge in [-0.2, -0.15) is 0 Å². The molecule has 25 heavy (non-hydrogen) atoms. The van der Waals surface area contributed by atoms with E-state index < -0.39 is 6.10 Å². The fraction of sp³-hybridized carbons (Fsp3) is 0.286. The predicted molar refractivity (Wildman–Crippen MR) is 98.4 cm³/mol. The fourth-order valence-electron chi connectivity index (χ4n) is 2.84. The van der Waals surface area contributed by atoms with Crippen LogP contribution in [0.15, 0.2) is 67.0 Å². The topological polar surface area (TPSA) is 47.3 Å². The highest BCUT2D eigenvalue weighted by Gasteiger charge is 2.17. The average molecular weight is 336 g/mol. The van der Waals surface area contributed by atoms with Gasteiger partial charge in [0.2, 0.25) is 0 Å². The summed E-state index contributed by atoms with van der Waals surface area (Å²) in [5.74, 6) is 0.886. The molecule has 0 saturated carbocycles. The second kappa shape index (κ2) is 8.10. The monoisotopic (exact) mass is 336 g/mol.